The van der Waals surface area contributed by atoms with Crippen LogP contribution in [0, 0.1) is 0 Å². The molecule has 2 amide bonds. The minimum Gasteiger partial charge on any atom is -0.477 e. The monoisotopic (exact) mass is 475 g/mol. The molecule has 1 fully saturated rings. The molecule has 4 rings (SSSR count). The molecule has 3 aromatic rings. The molecular formula is C23H20F3N3O3S. The number of halogens is 3. The second-order valence-electron chi connectivity index (χ2n) is 7.65. The summed E-state index contributed by atoms with van der Waals surface area (Å²) in [4.78, 5) is 27.2. The number of nitrogens with zero attached hydrogens (tertiary/aromatic N) is 2. The summed E-state index contributed by atoms with van der Waals surface area (Å²) < 4.78 is 40.5. The van der Waals surface area contributed by atoms with Crippen LogP contribution < -0.4 is 10.6 Å². The zero-order chi connectivity index (χ0) is 23.8. The predicted molar refractivity (Wildman–Crippen MR) is 118 cm³/mol. The van der Waals surface area contributed by atoms with Crippen molar-refractivity contribution in [3.63, 3.8) is 0 Å². The smallest absolute Gasteiger partial charge is 0.416 e. The van der Waals surface area contributed by atoms with Gasteiger partial charge in [-0.2, -0.15) is 13.2 Å². The summed E-state index contributed by atoms with van der Waals surface area (Å²) in [5.41, 5.74) is 6.23. The second kappa shape index (κ2) is 8.78. The van der Waals surface area contributed by atoms with Gasteiger partial charge in [-0.15, -0.1) is 11.3 Å². The number of hydrogen-bond acceptors (Lipinski definition) is 4. The number of carbonyl (C=O) groups excluding carboxylic acids is 1. The number of hydrogen-bond donors (Lipinski definition) is 2. The van der Waals surface area contributed by atoms with Gasteiger partial charge in [0.1, 0.15) is 4.88 Å². The summed E-state index contributed by atoms with van der Waals surface area (Å²) in [6.07, 6.45) is -4.54. The van der Waals surface area contributed by atoms with Crippen molar-refractivity contribution in [3.8, 4) is 0 Å². The van der Waals surface area contributed by atoms with Crippen molar-refractivity contribution in [1.82, 2.24) is 4.90 Å². The van der Waals surface area contributed by atoms with Crippen LogP contribution in [0.4, 0.5) is 23.7 Å². The molecule has 0 saturated carbocycles. The fourth-order valence-corrected chi connectivity index (χ4v) is 5.00. The highest BCUT2D eigenvalue weighted by molar-refractivity contribution is 7.12. The van der Waals surface area contributed by atoms with E-state index in [9.17, 15) is 27.9 Å². The fraction of sp³-hybridized carbons (Fsp3) is 0.217. The van der Waals surface area contributed by atoms with Crippen LogP contribution in [-0.4, -0.2) is 35.1 Å². The fourth-order valence-electron chi connectivity index (χ4n) is 4.21. The van der Waals surface area contributed by atoms with Gasteiger partial charge in [-0.25, -0.2) is 9.59 Å². The highest BCUT2D eigenvalue weighted by Gasteiger charge is 2.40. The minimum atomic E-state index is -4.54. The lowest BCUT2D eigenvalue weighted by Gasteiger charge is -2.48. The lowest BCUT2D eigenvalue weighted by molar-refractivity contribution is -0.137. The number of thiophene rings is 1. The van der Waals surface area contributed by atoms with Gasteiger partial charge in [0.2, 0.25) is 0 Å². The largest absolute Gasteiger partial charge is 0.477 e. The average Bonchev–Trinajstić information content (AvgIpc) is 3.28. The van der Waals surface area contributed by atoms with Crippen molar-refractivity contribution in [1.29, 1.82) is 0 Å². The van der Waals surface area contributed by atoms with E-state index in [2.05, 4.69) is 0 Å². The van der Waals surface area contributed by atoms with E-state index in [1.54, 1.807) is 34.5 Å². The third-order valence-electron chi connectivity index (χ3n) is 5.67. The Bertz CT molecular complexity index is 1170. The maximum atomic E-state index is 13.5. The molecular weight excluding hydrogens is 455 g/mol. The molecule has 6 nitrogen and oxygen atoms in total. The highest BCUT2D eigenvalue weighted by Crippen LogP contribution is 2.43. The van der Waals surface area contributed by atoms with Gasteiger partial charge in [-0.3, -0.25) is 0 Å². The molecule has 33 heavy (non-hydrogen) atoms. The lowest BCUT2D eigenvalue weighted by atomic mass is 9.93. The second-order valence-corrected chi connectivity index (χ2v) is 8.57. The first-order valence-corrected chi connectivity index (χ1v) is 10.9. The third kappa shape index (κ3) is 4.51. The Labute approximate surface area is 191 Å². The van der Waals surface area contributed by atoms with Crippen molar-refractivity contribution in [2.24, 2.45) is 5.73 Å². The van der Waals surface area contributed by atoms with Gasteiger partial charge >= 0.3 is 18.2 Å². The molecule has 0 radical (unpaired) electrons. The Morgan fingerprint density at radius 3 is 2.33 bits per heavy atom. The van der Waals surface area contributed by atoms with Crippen molar-refractivity contribution in [2.45, 2.75) is 18.3 Å². The number of benzene rings is 2. The SMILES string of the molecule is NC(=O)N1CC(c2ccccc2)N(c2cccc(C(F)(F)F)c2)C(c2ccsc2C(=O)O)C1. The van der Waals surface area contributed by atoms with Crippen LogP contribution in [0.25, 0.3) is 0 Å². The summed E-state index contributed by atoms with van der Waals surface area (Å²) in [7, 11) is 0. The summed E-state index contributed by atoms with van der Waals surface area (Å²) >= 11 is 1.02. The lowest BCUT2D eigenvalue weighted by Crippen LogP contribution is -2.53. The molecule has 0 aliphatic carbocycles. The molecule has 0 spiro atoms. The van der Waals surface area contributed by atoms with E-state index in [4.69, 9.17) is 5.73 Å². The van der Waals surface area contributed by atoms with Crippen LogP contribution in [-0.2, 0) is 6.18 Å². The first-order chi connectivity index (χ1) is 15.7. The van der Waals surface area contributed by atoms with Crippen LogP contribution in [0.3, 0.4) is 0 Å². The number of rotatable bonds is 4. The van der Waals surface area contributed by atoms with Gasteiger partial charge in [-0.05, 0) is 35.2 Å². The summed E-state index contributed by atoms with van der Waals surface area (Å²) in [6, 6.07) is 13.6. The minimum absolute atomic E-state index is 0.0337. The van der Waals surface area contributed by atoms with E-state index in [0.29, 0.717) is 5.56 Å². The van der Waals surface area contributed by atoms with Crippen LogP contribution in [0.2, 0.25) is 0 Å². The normalized spacial score (nSPS) is 18.9. The van der Waals surface area contributed by atoms with E-state index < -0.39 is 35.8 Å². The van der Waals surface area contributed by atoms with Gasteiger partial charge in [0.25, 0.3) is 0 Å². The summed E-state index contributed by atoms with van der Waals surface area (Å²) in [5, 5.41) is 11.3. The number of piperazine rings is 1. The van der Waals surface area contributed by atoms with Crippen molar-refractivity contribution < 1.29 is 27.9 Å². The van der Waals surface area contributed by atoms with Crippen LogP contribution in [0.15, 0.2) is 66.0 Å². The number of alkyl halides is 3. The quantitative estimate of drug-likeness (QED) is 0.547. The van der Waals surface area contributed by atoms with E-state index in [0.717, 1.165) is 29.0 Å². The number of amides is 2. The number of primary amides is 1. The number of anilines is 1. The standard InChI is InChI=1S/C23H20F3N3O3S/c24-23(25,26)15-7-4-8-16(11-15)29-18(14-5-2-1-3-6-14)12-28(22(27)32)13-19(29)17-9-10-33-20(17)21(30)31/h1-11,18-19H,12-13H2,(H2,27,32)(H,30,31). The number of carbonyl (C=O) groups is 2. The Morgan fingerprint density at radius 1 is 1.00 bits per heavy atom. The number of aromatic carboxylic acids is 1. The van der Waals surface area contributed by atoms with E-state index in [-0.39, 0.29) is 23.7 Å². The first-order valence-electron chi connectivity index (χ1n) is 10.0. The number of urea groups is 1. The maximum absolute atomic E-state index is 13.5. The molecule has 10 heteroatoms. The molecule has 3 N–H and O–H groups in total. The van der Waals surface area contributed by atoms with Crippen molar-refractivity contribution >= 4 is 29.0 Å². The van der Waals surface area contributed by atoms with Gasteiger partial charge in [0.05, 0.1) is 17.6 Å². The van der Waals surface area contributed by atoms with E-state index >= 15 is 0 Å². The molecule has 2 heterocycles. The molecule has 0 bridgehead atoms. The zero-order valence-electron chi connectivity index (χ0n) is 17.2. The van der Waals surface area contributed by atoms with E-state index in [1.807, 2.05) is 18.2 Å². The average molecular weight is 475 g/mol. The van der Waals surface area contributed by atoms with E-state index in [1.165, 1.54) is 11.0 Å². The molecule has 2 aromatic carbocycles. The number of carboxylic acids is 1. The Hall–Kier alpha value is -3.53. The Kier molecular flexibility index (Phi) is 6.03. The number of carboxylic acid groups (broad SMARTS) is 1. The molecule has 172 valence electrons. The molecule has 1 aromatic heterocycles. The van der Waals surface area contributed by atoms with Gasteiger partial charge in [-0.1, -0.05) is 36.4 Å². The van der Waals surface area contributed by atoms with Gasteiger partial charge in [0.15, 0.2) is 0 Å². The molecule has 1 aliphatic rings. The highest BCUT2D eigenvalue weighted by atomic mass is 32.1. The van der Waals surface area contributed by atoms with Crippen molar-refractivity contribution in [3.05, 3.63) is 87.6 Å². The molecule has 2 unspecified atom stereocenters. The number of nitrogens with two attached hydrogens (primary N) is 1. The van der Waals surface area contributed by atoms with Crippen molar-refractivity contribution in [2.75, 3.05) is 18.0 Å². The molecule has 1 aliphatic heterocycles. The van der Waals surface area contributed by atoms with Gasteiger partial charge < -0.3 is 20.6 Å². The Balaban J connectivity index is 1.92. The predicted octanol–water partition coefficient (Wildman–Crippen LogP) is 5.15. The molecule has 2 atom stereocenters. The Morgan fingerprint density at radius 2 is 1.70 bits per heavy atom. The molecule has 1 saturated heterocycles. The first kappa shape index (κ1) is 22.7. The van der Waals surface area contributed by atoms with Crippen LogP contribution in [0.5, 0.6) is 0 Å². The summed E-state index contributed by atoms with van der Waals surface area (Å²) in [6.45, 7) is 0.171. The van der Waals surface area contributed by atoms with Gasteiger partial charge in [0, 0.05) is 24.3 Å². The third-order valence-corrected chi connectivity index (χ3v) is 6.59. The van der Waals surface area contributed by atoms with Crippen LogP contribution >= 0.6 is 11.3 Å². The topological polar surface area (TPSA) is 86.9 Å². The zero-order valence-corrected chi connectivity index (χ0v) is 18.0. The summed E-state index contributed by atoms with van der Waals surface area (Å²) in [5.74, 6) is -1.14. The van der Waals surface area contributed by atoms with Crippen LogP contribution in [0.1, 0.15) is 38.4 Å². The maximum Gasteiger partial charge on any atom is 0.416 e.